The Morgan fingerprint density at radius 3 is 2.63 bits per heavy atom. The highest BCUT2D eigenvalue weighted by molar-refractivity contribution is 7.98. The standard InChI is InChI=1S/C25H35N3OS/c1-6-7-8-21(25(29)26-22-17-28-13-11-19(22)12-14-28)16-27(4)23-10-9-20(18(2)3)15-24(23)30-5/h6-10,15-16,18-19,22H,1,11-14,17H2,2-5H3,(H,26,29)/b8-7-,21-16+. The van der Waals surface area contributed by atoms with E-state index < -0.39 is 0 Å². The Balaban J connectivity index is 1.81. The molecule has 1 N–H and O–H groups in total. The van der Waals surface area contributed by atoms with Crippen LogP contribution in [-0.2, 0) is 4.79 Å². The third-order valence-electron chi connectivity index (χ3n) is 6.23. The monoisotopic (exact) mass is 425 g/mol. The first kappa shape index (κ1) is 22.7. The minimum Gasteiger partial charge on any atom is -0.349 e. The predicted molar refractivity (Wildman–Crippen MR) is 129 cm³/mol. The number of benzene rings is 1. The molecule has 162 valence electrons. The number of hydrogen-bond acceptors (Lipinski definition) is 4. The van der Waals surface area contributed by atoms with Crippen molar-refractivity contribution in [3.05, 3.63) is 60.3 Å². The van der Waals surface area contributed by atoms with E-state index in [4.69, 9.17) is 0 Å². The molecule has 1 aromatic carbocycles. The van der Waals surface area contributed by atoms with Crippen molar-refractivity contribution in [2.45, 2.75) is 43.5 Å². The maximum atomic E-state index is 13.1. The van der Waals surface area contributed by atoms with E-state index in [2.05, 4.69) is 60.0 Å². The van der Waals surface area contributed by atoms with Gasteiger partial charge in [-0.2, -0.15) is 0 Å². The van der Waals surface area contributed by atoms with Crippen molar-refractivity contribution in [2.24, 2.45) is 5.92 Å². The molecule has 0 aromatic heterocycles. The van der Waals surface area contributed by atoms with Crippen LogP contribution in [0.5, 0.6) is 0 Å². The van der Waals surface area contributed by atoms with Crippen LogP contribution >= 0.6 is 11.8 Å². The Labute approximate surface area is 186 Å². The quantitative estimate of drug-likeness (QED) is 0.368. The molecule has 0 saturated carbocycles. The summed E-state index contributed by atoms with van der Waals surface area (Å²) in [5.41, 5.74) is 3.08. The number of thioether (sulfide) groups is 1. The molecule has 0 spiro atoms. The van der Waals surface area contributed by atoms with Gasteiger partial charge in [0.15, 0.2) is 0 Å². The topological polar surface area (TPSA) is 35.6 Å². The lowest BCUT2D eigenvalue weighted by Crippen LogP contribution is -2.57. The van der Waals surface area contributed by atoms with Crippen molar-refractivity contribution in [3.8, 4) is 0 Å². The second-order valence-corrected chi connectivity index (χ2v) is 9.44. The zero-order chi connectivity index (χ0) is 21.7. The number of amides is 1. The number of fused-ring (bicyclic) bond motifs is 3. The smallest absolute Gasteiger partial charge is 0.253 e. The maximum Gasteiger partial charge on any atom is 0.253 e. The molecule has 1 aromatic rings. The first-order chi connectivity index (χ1) is 14.4. The van der Waals surface area contributed by atoms with Crippen LogP contribution in [-0.4, -0.2) is 49.8 Å². The van der Waals surface area contributed by atoms with Gasteiger partial charge in [-0.25, -0.2) is 0 Å². The number of allylic oxidation sites excluding steroid dienone is 2. The average molecular weight is 426 g/mol. The van der Waals surface area contributed by atoms with E-state index in [1.807, 2.05) is 25.4 Å². The van der Waals surface area contributed by atoms with Gasteiger partial charge < -0.3 is 15.1 Å². The van der Waals surface area contributed by atoms with Crippen molar-refractivity contribution < 1.29 is 4.79 Å². The molecular formula is C25H35N3OS. The van der Waals surface area contributed by atoms with E-state index >= 15 is 0 Å². The van der Waals surface area contributed by atoms with Crippen molar-refractivity contribution in [3.63, 3.8) is 0 Å². The number of carbonyl (C=O) groups is 1. The number of nitrogens with one attached hydrogen (secondary N) is 1. The molecule has 1 amide bonds. The van der Waals surface area contributed by atoms with Gasteiger partial charge in [0.05, 0.1) is 11.3 Å². The fourth-order valence-corrected chi connectivity index (χ4v) is 5.03. The van der Waals surface area contributed by atoms with E-state index in [-0.39, 0.29) is 11.9 Å². The van der Waals surface area contributed by atoms with Gasteiger partial charge in [0, 0.05) is 30.7 Å². The van der Waals surface area contributed by atoms with Crippen molar-refractivity contribution in [2.75, 3.05) is 37.8 Å². The molecular weight excluding hydrogens is 390 g/mol. The van der Waals surface area contributed by atoms with Crippen LogP contribution in [0.3, 0.4) is 0 Å². The van der Waals surface area contributed by atoms with E-state index in [1.165, 1.54) is 36.4 Å². The normalized spacial score (nSPS) is 23.8. The van der Waals surface area contributed by atoms with Crippen molar-refractivity contribution >= 4 is 23.4 Å². The number of carbonyl (C=O) groups excluding carboxylic acids is 1. The van der Waals surface area contributed by atoms with Gasteiger partial charge in [-0.1, -0.05) is 38.6 Å². The van der Waals surface area contributed by atoms with E-state index in [0.29, 0.717) is 17.4 Å². The Morgan fingerprint density at radius 2 is 2.07 bits per heavy atom. The van der Waals surface area contributed by atoms with Crippen molar-refractivity contribution in [1.82, 2.24) is 10.2 Å². The lowest BCUT2D eigenvalue weighted by molar-refractivity contribution is -0.119. The van der Waals surface area contributed by atoms with Crippen LogP contribution in [0.25, 0.3) is 0 Å². The third-order valence-corrected chi connectivity index (χ3v) is 7.00. The molecule has 5 heteroatoms. The van der Waals surface area contributed by atoms with Gasteiger partial charge in [0.25, 0.3) is 5.91 Å². The minimum atomic E-state index is -0.0109. The largest absolute Gasteiger partial charge is 0.349 e. The Bertz CT molecular complexity index is 822. The molecule has 4 rings (SSSR count). The SMILES string of the molecule is C=C/C=C\C(=C/N(C)c1ccc(C(C)C)cc1SC)C(=O)NC1CN2CCC1CC2. The molecule has 1 atom stereocenters. The average Bonchev–Trinajstić information content (AvgIpc) is 2.76. The summed E-state index contributed by atoms with van der Waals surface area (Å²) in [6.45, 7) is 11.5. The first-order valence-corrected chi connectivity index (χ1v) is 12.1. The molecule has 2 bridgehead atoms. The highest BCUT2D eigenvalue weighted by Gasteiger charge is 2.35. The molecule has 3 fully saturated rings. The summed E-state index contributed by atoms with van der Waals surface area (Å²) in [6.07, 6.45) is 11.8. The molecule has 0 radical (unpaired) electrons. The zero-order valence-corrected chi connectivity index (χ0v) is 19.5. The van der Waals surface area contributed by atoms with Crippen molar-refractivity contribution in [1.29, 1.82) is 0 Å². The number of hydrogen-bond donors (Lipinski definition) is 1. The highest BCUT2D eigenvalue weighted by atomic mass is 32.2. The summed E-state index contributed by atoms with van der Waals surface area (Å²) in [4.78, 5) is 18.9. The molecule has 3 aliphatic rings. The summed E-state index contributed by atoms with van der Waals surface area (Å²) in [5.74, 6) is 1.08. The number of piperidine rings is 3. The fraction of sp³-hybridized carbons (Fsp3) is 0.480. The highest BCUT2D eigenvalue weighted by Crippen LogP contribution is 2.32. The van der Waals surface area contributed by atoms with Gasteiger partial charge in [0.1, 0.15) is 0 Å². The molecule has 3 heterocycles. The van der Waals surface area contributed by atoms with Crippen LogP contribution in [0.4, 0.5) is 5.69 Å². The molecule has 4 nitrogen and oxygen atoms in total. The Hall–Kier alpha value is -1.98. The molecule has 1 unspecified atom stereocenters. The second-order valence-electron chi connectivity index (χ2n) is 8.59. The summed E-state index contributed by atoms with van der Waals surface area (Å²) >= 11 is 1.73. The number of rotatable bonds is 8. The molecule has 0 aliphatic carbocycles. The van der Waals surface area contributed by atoms with E-state index in [1.54, 1.807) is 17.8 Å². The van der Waals surface area contributed by atoms with Gasteiger partial charge in [-0.3, -0.25) is 4.79 Å². The number of anilines is 1. The first-order valence-electron chi connectivity index (χ1n) is 10.9. The number of nitrogens with zero attached hydrogens (tertiary/aromatic N) is 2. The van der Waals surface area contributed by atoms with Crippen LogP contribution < -0.4 is 10.2 Å². The van der Waals surface area contributed by atoms with Gasteiger partial charge in [-0.05, 0) is 67.8 Å². The predicted octanol–water partition coefficient (Wildman–Crippen LogP) is 4.80. The Kier molecular flexibility index (Phi) is 7.84. The minimum absolute atomic E-state index is 0.0109. The second kappa shape index (κ2) is 10.4. The van der Waals surface area contributed by atoms with Gasteiger partial charge in [-0.15, -0.1) is 11.8 Å². The lowest BCUT2D eigenvalue weighted by Gasteiger charge is -2.45. The van der Waals surface area contributed by atoms with Crippen LogP contribution in [0.2, 0.25) is 0 Å². The lowest BCUT2D eigenvalue weighted by atomic mass is 9.84. The summed E-state index contributed by atoms with van der Waals surface area (Å²) in [5, 5.41) is 3.30. The fourth-order valence-electron chi connectivity index (χ4n) is 4.35. The van der Waals surface area contributed by atoms with Crippen LogP contribution in [0, 0.1) is 5.92 Å². The van der Waals surface area contributed by atoms with Crippen LogP contribution in [0.15, 0.2) is 59.7 Å². The van der Waals surface area contributed by atoms with Gasteiger partial charge in [0.2, 0.25) is 0 Å². The Morgan fingerprint density at radius 1 is 1.33 bits per heavy atom. The third kappa shape index (κ3) is 5.38. The maximum absolute atomic E-state index is 13.1. The van der Waals surface area contributed by atoms with E-state index in [9.17, 15) is 4.79 Å². The zero-order valence-electron chi connectivity index (χ0n) is 18.7. The molecule has 3 saturated heterocycles. The summed E-state index contributed by atoms with van der Waals surface area (Å²) in [7, 11) is 2.01. The van der Waals surface area contributed by atoms with Crippen LogP contribution in [0.1, 0.15) is 38.2 Å². The molecule has 30 heavy (non-hydrogen) atoms. The summed E-state index contributed by atoms with van der Waals surface area (Å²) < 4.78 is 0. The molecule has 3 aliphatic heterocycles. The van der Waals surface area contributed by atoms with E-state index in [0.717, 1.165) is 12.2 Å². The van der Waals surface area contributed by atoms with Gasteiger partial charge >= 0.3 is 0 Å². The summed E-state index contributed by atoms with van der Waals surface area (Å²) in [6, 6.07) is 6.83.